The van der Waals surface area contributed by atoms with E-state index in [1.54, 1.807) is 4.90 Å². The summed E-state index contributed by atoms with van der Waals surface area (Å²) in [6, 6.07) is 5.80. The number of piperazine rings is 1. The van der Waals surface area contributed by atoms with Crippen LogP contribution in [0.4, 0.5) is 5.69 Å². The average Bonchev–Trinajstić information content (AvgIpc) is 3.29. The van der Waals surface area contributed by atoms with Gasteiger partial charge in [0.2, 0.25) is 11.8 Å². The highest BCUT2D eigenvalue weighted by Gasteiger charge is 2.41. The molecule has 4 nitrogen and oxygen atoms in total. The van der Waals surface area contributed by atoms with Crippen LogP contribution in [0, 0.1) is 19.8 Å². The molecule has 112 valence electrons. The molecule has 0 spiro atoms. The zero-order valence-corrected chi connectivity index (χ0v) is 12.9. The van der Waals surface area contributed by atoms with Gasteiger partial charge in [-0.05, 0) is 50.8 Å². The van der Waals surface area contributed by atoms with Gasteiger partial charge in [-0.25, -0.2) is 0 Å². The van der Waals surface area contributed by atoms with Crippen LogP contribution in [-0.4, -0.2) is 35.8 Å². The molecule has 1 atom stereocenters. The lowest BCUT2D eigenvalue weighted by atomic mass is 10.1. The maximum absolute atomic E-state index is 12.7. The number of carbonyl (C=O) groups excluding carboxylic acids is 2. The SMILES string of the molecule is Cc1ccc(C)c(N2CCN(C(=O)C3CC3)[C@H](C)C2=O)c1. The van der Waals surface area contributed by atoms with E-state index in [1.165, 1.54) is 0 Å². The van der Waals surface area contributed by atoms with Crippen molar-refractivity contribution in [2.45, 2.75) is 39.7 Å². The Labute approximate surface area is 125 Å². The van der Waals surface area contributed by atoms with Crippen molar-refractivity contribution in [1.29, 1.82) is 0 Å². The number of anilines is 1. The molecule has 2 fully saturated rings. The van der Waals surface area contributed by atoms with Gasteiger partial charge in [0.1, 0.15) is 6.04 Å². The Morgan fingerprint density at radius 1 is 1.19 bits per heavy atom. The number of carbonyl (C=O) groups is 2. The molecule has 0 radical (unpaired) electrons. The molecule has 3 rings (SSSR count). The first-order valence-electron chi connectivity index (χ1n) is 7.68. The van der Waals surface area contributed by atoms with Crippen LogP contribution in [-0.2, 0) is 9.59 Å². The van der Waals surface area contributed by atoms with Gasteiger partial charge >= 0.3 is 0 Å². The Kier molecular flexibility index (Phi) is 3.47. The summed E-state index contributed by atoms with van der Waals surface area (Å²) in [4.78, 5) is 28.5. The molecule has 1 aliphatic heterocycles. The molecule has 2 amide bonds. The predicted octanol–water partition coefficient (Wildman–Crippen LogP) is 2.28. The van der Waals surface area contributed by atoms with Gasteiger partial charge < -0.3 is 9.80 Å². The van der Waals surface area contributed by atoms with Crippen LogP contribution in [0.1, 0.15) is 30.9 Å². The van der Waals surface area contributed by atoms with Gasteiger partial charge in [0.15, 0.2) is 0 Å². The molecule has 21 heavy (non-hydrogen) atoms. The van der Waals surface area contributed by atoms with E-state index in [0.29, 0.717) is 13.1 Å². The normalized spacial score (nSPS) is 22.6. The molecular formula is C17H22N2O2. The molecule has 0 bridgehead atoms. The van der Waals surface area contributed by atoms with Gasteiger partial charge in [-0.1, -0.05) is 12.1 Å². The van der Waals surface area contributed by atoms with E-state index in [0.717, 1.165) is 29.7 Å². The van der Waals surface area contributed by atoms with Crippen molar-refractivity contribution in [2.75, 3.05) is 18.0 Å². The molecule has 1 aromatic rings. The van der Waals surface area contributed by atoms with Crippen LogP contribution in [0.3, 0.4) is 0 Å². The second-order valence-electron chi connectivity index (χ2n) is 6.26. The van der Waals surface area contributed by atoms with Crippen molar-refractivity contribution in [2.24, 2.45) is 5.92 Å². The summed E-state index contributed by atoms with van der Waals surface area (Å²) in [5.41, 5.74) is 3.22. The summed E-state index contributed by atoms with van der Waals surface area (Å²) >= 11 is 0. The maximum atomic E-state index is 12.7. The third-order valence-corrected chi connectivity index (χ3v) is 4.52. The smallest absolute Gasteiger partial charge is 0.249 e. The summed E-state index contributed by atoms with van der Waals surface area (Å²) < 4.78 is 0. The van der Waals surface area contributed by atoms with E-state index in [-0.39, 0.29) is 23.8 Å². The number of rotatable bonds is 2. The first kappa shape index (κ1) is 14.1. The van der Waals surface area contributed by atoms with Crippen molar-refractivity contribution >= 4 is 17.5 Å². The van der Waals surface area contributed by atoms with Gasteiger partial charge in [-0.15, -0.1) is 0 Å². The van der Waals surface area contributed by atoms with Gasteiger partial charge in [-0.2, -0.15) is 0 Å². The van der Waals surface area contributed by atoms with E-state index in [9.17, 15) is 9.59 Å². The van der Waals surface area contributed by atoms with Gasteiger partial charge in [0.25, 0.3) is 0 Å². The number of hydrogen-bond acceptors (Lipinski definition) is 2. The van der Waals surface area contributed by atoms with Crippen molar-refractivity contribution in [3.8, 4) is 0 Å². The fourth-order valence-electron chi connectivity index (χ4n) is 2.99. The van der Waals surface area contributed by atoms with Gasteiger partial charge in [-0.3, -0.25) is 9.59 Å². The molecule has 1 aliphatic carbocycles. The Balaban J connectivity index is 1.82. The largest absolute Gasteiger partial charge is 0.329 e. The fraction of sp³-hybridized carbons (Fsp3) is 0.529. The maximum Gasteiger partial charge on any atom is 0.249 e. The summed E-state index contributed by atoms with van der Waals surface area (Å²) in [6.45, 7) is 7.12. The quantitative estimate of drug-likeness (QED) is 0.837. The Morgan fingerprint density at radius 2 is 1.90 bits per heavy atom. The summed E-state index contributed by atoms with van der Waals surface area (Å²) in [7, 11) is 0. The zero-order chi connectivity index (χ0) is 15.1. The average molecular weight is 286 g/mol. The van der Waals surface area contributed by atoms with Crippen LogP contribution in [0.25, 0.3) is 0 Å². The minimum atomic E-state index is -0.355. The van der Waals surface area contributed by atoms with Crippen LogP contribution in [0.2, 0.25) is 0 Å². The first-order chi connectivity index (χ1) is 9.99. The van der Waals surface area contributed by atoms with Crippen molar-refractivity contribution in [3.63, 3.8) is 0 Å². The second-order valence-corrected chi connectivity index (χ2v) is 6.26. The fourth-order valence-corrected chi connectivity index (χ4v) is 2.99. The molecule has 1 saturated heterocycles. The number of hydrogen-bond donors (Lipinski definition) is 0. The standard InChI is InChI=1S/C17H22N2O2/c1-11-4-5-12(2)15(10-11)19-9-8-18(13(3)16(19)20)17(21)14-6-7-14/h4-5,10,13-14H,6-9H2,1-3H3/t13-/m1/s1. The third kappa shape index (κ3) is 2.55. The van der Waals surface area contributed by atoms with E-state index < -0.39 is 0 Å². The van der Waals surface area contributed by atoms with Gasteiger partial charge in [0.05, 0.1) is 0 Å². The monoisotopic (exact) mass is 286 g/mol. The van der Waals surface area contributed by atoms with E-state index >= 15 is 0 Å². The zero-order valence-electron chi connectivity index (χ0n) is 12.9. The Hall–Kier alpha value is -1.84. The second kappa shape index (κ2) is 5.17. The summed E-state index contributed by atoms with van der Waals surface area (Å²) in [5, 5.41) is 0. The Morgan fingerprint density at radius 3 is 2.57 bits per heavy atom. The highest BCUT2D eigenvalue weighted by atomic mass is 16.2. The Bertz CT molecular complexity index is 592. The first-order valence-corrected chi connectivity index (χ1v) is 7.68. The van der Waals surface area contributed by atoms with Crippen LogP contribution in [0.5, 0.6) is 0 Å². The number of aryl methyl sites for hydroxylation is 2. The predicted molar refractivity (Wildman–Crippen MR) is 82.2 cm³/mol. The van der Waals surface area contributed by atoms with Crippen LogP contribution in [0.15, 0.2) is 18.2 Å². The highest BCUT2D eigenvalue weighted by Crippen LogP contribution is 2.33. The van der Waals surface area contributed by atoms with Gasteiger partial charge in [0, 0.05) is 24.7 Å². The van der Waals surface area contributed by atoms with Crippen LogP contribution >= 0.6 is 0 Å². The van der Waals surface area contributed by atoms with E-state index in [4.69, 9.17) is 0 Å². The lowest BCUT2D eigenvalue weighted by molar-refractivity contribution is -0.141. The third-order valence-electron chi connectivity index (χ3n) is 4.52. The molecule has 1 heterocycles. The number of benzene rings is 1. The minimum Gasteiger partial charge on any atom is -0.329 e. The minimum absolute atomic E-state index is 0.0314. The summed E-state index contributed by atoms with van der Waals surface area (Å²) in [5.74, 6) is 0.368. The number of amides is 2. The molecule has 1 aromatic carbocycles. The van der Waals surface area contributed by atoms with Crippen molar-refractivity contribution < 1.29 is 9.59 Å². The molecule has 0 aromatic heterocycles. The van der Waals surface area contributed by atoms with Crippen LogP contribution < -0.4 is 4.90 Å². The van der Waals surface area contributed by atoms with Crippen molar-refractivity contribution in [1.82, 2.24) is 4.90 Å². The number of nitrogens with zero attached hydrogens (tertiary/aromatic N) is 2. The van der Waals surface area contributed by atoms with Crippen molar-refractivity contribution in [3.05, 3.63) is 29.3 Å². The topological polar surface area (TPSA) is 40.6 Å². The lowest BCUT2D eigenvalue weighted by Crippen LogP contribution is -2.58. The molecule has 4 heteroatoms. The van der Waals surface area contributed by atoms with E-state index in [2.05, 4.69) is 12.1 Å². The summed E-state index contributed by atoms with van der Waals surface area (Å²) in [6.07, 6.45) is 1.97. The molecule has 1 saturated carbocycles. The van der Waals surface area contributed by atoms with E-state index in [1.807, 2.05) is 31.7 Å². The highest BCUT2D eigenvalue weighted by molar-refractivity contribution is 6.01. The molecule has 2 aliphatic rings. The molecule has 0 unspecified atom stereocenters. The molecule has 0 N–H and O–H groups in total. The lowest BCUT2D eigenvalue weighted by Gasteiger charge is -2.39. The molecular weight excluding hydrogens is 264 g/mol.